The van der Waals surface area contributed by atoms with Gasteiger partial charge in [0.2, 0.25) is 5.82 Å². The molecule has 0 amide bonds. The molecule has 1 N–H and O–H groups in total. The zero-order valence-corrected chi connectivity index (χ0v) is 11.7. The topological polar surface area (TPSA) is 76.2 Å². The van der Waals surface area contributed by atoms with E-state index < -0.39 is 0 Å². The molecule has 0 saturated carbocycles. The van der Waals surface area contributed by atoms with E-state index in [1.165, 1.54) is 0 Å². The lowest BCUT2D eigenvalue weighted by Gasteiger charge is -2.28. The van der Waals surface area contributed by atoms with Gasteiger partial charge in [0.15, 0.2) is 0 Å². The highest BCUT2D eigenvalue weighted by Crippen LogP contribution is 2.33. The molecule has 0 aliphatic carbocycles. The second kappa shape index (κ2) is 5.56. The van der Waals surface area contributed by atoms with Crippen LogP contribution in [0.3, 0.4) is 0 Å². The molecule has 1 aliphatic rings. The Morgan fingerprint density at radius 3 is 2.79 bits per heavy atom. The van der Waals surface area contributed by atoms with Crippen molar-refractivity contribution in [3.8, 4) is 0 Å². The molecule has 1 aliphatic heterocycles. The van der Waals surface area contributed by atoms with E-state index in [4.69, 9.17) is 0 Å². The smallest absolute Gasteiger partial charge is 0.333 e. The molecule has 1 aromatic heterocycles. The minimum atomic E-state index is -0.311. The third-order valence-corrected chi connectivity index (χ3v) is 3.64. The van der Waals surface area contributed by atoms with Crippen molar-refractivity contribution in [1.29, 1.82) is 0 Å². The van der Waals surface area contributed by atoms with E-state index in [-0.39, 0.29) is 10.6 Å². The first-order valence-corrected chi connectivity index (χ1v) is 6.79. The molecule has 0 aromatic carbocycles. The van der Waals surface area contributed by atoms with Crippen LogP contribution in [0.1, 0.15) is 26.0 Å². The van der Waals surface area contributed by atoms with Crippen LogP contribution in [0, 0.1) is 17.0 Å². The van der Waals surface area contributed by atoms with Gasteiger partial charge in [0.1, 0.15) is 5.69 Å². The summed E-state index contributed by atoms with van der Waals surface area (Å²) in [4.78, 5) is 13.1. The van der Waals surface area contributed by atoms with Crippen molar-refractivity contribution in [2.24, 2.45) is 0 Å². The van der Waals surface area contributed by atoms with Gasteiger partial charge in [-0.3, -0.25) is 10.1 Å². The fourth-order valence-electron chi connectivity index (χ4n) is 2.76. The molecule has 0 spiro atoms. The van der Waals surface area contributed by atoms with E-state index in [2.05, 4.69) is 15.3 Å². The van der Waals surface area contributed by atoms with Crippen LogP contribution in [-0.4, -0.2) is 40.4 Å². The van der Waals surface area contributed by atoms with Gasteiger partial charge in [-0.25, -0.2) is 4.68 Å². The predicted molar refractivity (Wildman–Crippen MR) is 73.6 cm³/mol. The van der Waals surface area contributed by atoms with Crippen molar-refractivity contribution in [1.82, 2.24) is 15.1 Å². The van der Waals surface area contributed by atoms with E-state index in [0.29, 0.717) is 24.1 Å². The normalized spacial score (nSPS) is 18.8. The first kappa shape index (κ1) is 13.8. The average molecular weight is 267 g/mol. The molecule has 1 fully saturated rings. The van der Waals surface area contributed by atoms with Gasteiger partial charge in [-0.2, -0.15) is 5.10 Å². The number of nitrogens with one attached hydrogen (secondary N) is 1. The lowest BCUT2D eigenvalue weighted by Crippen LogP contribution is -2.38. The molecule has 7 nitrogen and oxygen atoms in total. The molecule has 1 unspecified atom stereocenters. The van der Waals surface area contributed by atoms with Crippen molar-refractivity contribution < 1.29 is 4.92 Å². The number of nitrogens with zero attached hydrogens (tertiary/aromatic N) is 4. The molecule has 2 rings (SSSR count). The quantitative estimate of drug-likeness (QED) is 0.643. The first-order valence-electron chi connectivity index (χ1n) is 6.79. The third-order valence-electron chi connectivity index (χ3n) is 3.64. The first-order chi connectivity index (χ1) is 9.10. The van der Waals surface area contributed by atoms with Crippen LogP contribution in [0.15, 0.2) is 0 Å². The molecule has 19 heavy (non-hydrogen) atoms. The third kappa shape index (κ3) is 2.42. The van der Waals surface area contributed by atoms with Crippen LogP contribution in [0.4, 0.5) is 11.5 Å². The van der Waals surface area contributed by atoms with E-state index in [9.17, 15) is 10.1 Å². The van der Waals surface area contributed by atoms with Crippen molar-refractivity contribution >= 4 is 11.5 Å². The molecule has 1 saturated heterocycles. The van der Waals surface area contributed by atoms with Gasteiger partial charge in [0.25, 0.3) is 0 Å². The van der Waals surface area contributed by atoms with Gasteiger partial charge in [0, 0.05) is 25.7 Å². The van der Waals surface area contributed by atoms with E-state index in [1.54, 1.807) is 11.6 Å². The van der Waals surface area contributed by atoms with Gasteiger partial charge in [0.05, 0.1) is 4.92 Å². The number of nitro groups is 1. The summed E-state index contributed by atoms with van der Waals surface area (Å²) in [5.74, 6) is 0.654. The highest BCUT2D eigenvalue weighted by Gasteiger charge is 2.33. The number of aryl methyl sites for hydroxylation is 2. The number of anilines is 1. The molecule has 7 heteroatoms. The number of likely N-dealkylation sites (N-methyl/N-ethyl adjacent to an activating group) is 1. The summed E-state index contributed by atoms with van der Waals surface area (Å²) < 4.78 is 1.75. The van der Waals surface area contributed by atoms with Crippen molar-refractivity contribution in [2.75, 3.05) is 24.5 Å². The van der Waals surface area contributed by atoms with Gasteiger partial charge >= 0.3 is 5.69 Å². The number of hydrogen-bond donors (Lipinski definition) is 1. The van der Waals surface area contributed by atoms with E-state index in [0.717, 1.165) is 26.1 Å². The maximum absolute atomic E-state index is 11.3. The zero-order valence-electron chi connectivity index (χ0n) is 11.7. The largest absolute Gasteiger partial charge is 0.347 e. The Morgan fingerprint density at radius 2 is 2.32 bits per heavy atom. The molecular formula is C12H21N5O2. The highest BCUT2D eigenvalue weighted by atomic mass is 16.6. The van der Waals surface area contributed by atoms with Gasteiger partial charge < -0.3 is 10.2 Å². The summed E-state index contributed by atoms with van der Waals surface area (Å²) >= 11 is 0. The lowest BCUT2D eigenvalue weighted by atomic mass is 10.2. The second-order valence-electron chi connectivity index (χ2n) is 4.76. The van der Waals surface area contributed by atoms with Crippen LogP contribution in [0.25, 0.3) is 0 Å². The van der Waals surface area contributed by atoms with Gasteiger partial charge in [-0.15, -0.1) is 0 Å². The fourth-order valence-corrected chi connectivity index (χ4v) is 2.76. The average Bonchev–Trinajstić information content (AvgIpc) is 2.98. The van der Waals surface area contributed by atoms with Gasteiger partial charge in [-0.05, 0) is 33.7 Å². The highest BCUT2D eigenvalue weighted by molar-refractivity contribution is 5.62. The van der Waals surface area contributed by atoms with Crippen LogP contribution in [-0.2, 0) is 6.54 Å². The Kier molecular flexibility index (Phi) is 4.04. The summed E-state index contributed by atoms with van der Waals surface area (Å²) in [5, 5.41) is 18.9. The molecule has 1 atom stereocenters. The summed E-state index contributed by atoms with van der Waals surface area (Å²) in [7, 11) is 0. The monoisotopic (exact) mass is 267 g/mol. The lowest BCUT2D eigenvalue weighted by molar-refractivity contribution is -0.384. The minimum absolute atomic E-state index is 0.149. The summed E-state index contributed by atoms with van der Waals surface area (Å²) in [6, 6.07) is 0.310. The maximum Gasteiger partial charge on any atom is 0.333 e. The Bertz CT molecular complexity index is 465. The van der Waals surface area contributed by atoms with Crippen LogP contribution < -0.4 is 10.2 Å². The number of hydrogen-bond acceptors (Lipinski definition) is 5. The number of aromatic nitrogens is 2. The maximum atomic E-state index is 11.3. The van der Waals surface area contributed by atoms with Crippen molar-refractivity contribution in [3.63, 3.8) is 0 Å². The summed E-state index contributed by atoms with van der Waals surface area (Å²) in [6.45, 7) is 8.92. The molecular weight excluding hydrogens is 246 g/mol. The van der Waals surface area contributed by atoms with E-state index in [1.807, 2.05) is 13.8 Å². The molecule has 0 bridgehead atoms. The standard InChI is InChI=1S/C12H21N5O2/c1-4-15(10-6-7-13-8-10)12-11(17(18)19)9(3)14-16(12)5-2/h10,13H,4-8H2,1-3H3. The van der Waals surface area contributed by atoms with Crippen molar-refractivity contribution in [2.45, 2.75) is 39.8 Å². The molecule has 1 aromatic rings. The SMILES string of the molecule is CCN(c1c([N+](=O)[O-])c(C)nn1CC)C1CCNC1. The predicted octanol–water partition coefficient (Wildman–Crippen LogP) is 1.31. The Hall–Kier alpha value is -1.63. The fraction of sp³-hybridized carbons (Fsp3) is 0.750. The Balaban J connectivity index is 2.47. The summed E-state index contributed by atoms with van der Waals surface area (Å²) in [5.41, 5.74) is 0.641. The van der Waals surface area contributed by atoms with Crippen LogP contribution >= 0.6 is 0 Å². The Morgan fingerprint density at radius 1 is 1.58 bits per heavy atom. The molecule has 2 heterocycles. The molecule has 106 valence electrons. The number of rotatable bonds is 5. The van der Waals surface area contributed by atoms with E-state index >= 15 is 0 Å². The Labute approximate surface area is 112 Å². The zero-order chi connectivity index (χ0) is 14.0. The second-order valence-corrected chi connectivity index (χ2v) is 4.76. The van der Waals surface area contributed by atoms with Crippen LogP contribution in [0.5, 0.6) is 0 Å². The summed E-state index contributed by atoms with van der Waals surface area (Å²) in [6.07, 6.45) is 1.01. The van der Waals surface area contributed by atoms with Crippen molar-refractivity contribution in [3.05, 3.63) is 15.8 Å². The molecule has 0 radical (unpaired) electrons. The van der Waals surface area contributed by atoms with Crippen LogP contribution in [0.2, 0.25) is 0 Å². The minimum Gasteiger partial charge on any atom is -0.347 e. The van der Waals surface area contributed by atoms with Gasteiger partial charge in [-0.1, -0.05) is 0 Å².